The highest BCUT2D eigenvalue weighted by Crippen LogP contribution is 2.20. The summed E-state index contributed by atoms with van der Waals surface area (Å²) in [5, 5.41) is 2.93. The lowest BCUT2D eigenvalue weighted by molar-refractivity contribution is 0.0948. The van der Waals surface area contributed by atoms with Crippen molar-refractivity contribution in [2.24, 2.45) is 0 Å². The molecule has 0 atom stereocenters. The molecule has 0 saturated carbocycles. The molecule has 1 aromatic carbocycles. The Morgan fingerprint density at radius 1 is 1.32 bits per heavy atom. The van der Waals surface area contributed by atoms with Gasteiger partial charge in [-0.25, -0.2) is 0 Å². The fourth-order valence-corrected chi connectivity index (χ4v) is 2.56. The van der Waals surface area contributed by atoms with Crippen LogP contribution in [0.25, 0.3) is 0 Å². The molecule has 100 valence electrons. The summed E-state index contributed by atoms with van der Waals surface area (Å²) in [5.74, 6) is 1.67. The molecule has 1 N–H and O–H groups in total. The number of amides is 1. The zero-order valence-electron chi connectivity index (χ0n) is 11.3. The predicted octanol–water partition coefficient (Wildman–Crippen LogP) is 3.55. The van der Waals surface area contributed by atoms with Crippen LogP contribution in [0.2, 0.25) is 0 Å². The van der Waals surface area contributed by atoms with Gasteiger partial charge in [0, 0.05) is 17.0 Å². The SMILES string of the molecule is CSc1ccccc1C(=O)NCc1cc(C)oc1C. The molecule has 1 amide bonds. The van der Waals surface area contributed by atoms with Gasteiger partial charge in [0.2, 0.25) is 0 Å². The maximum Gasteiger partial charge on any atom is 0.252 e. The maximum atomic E-state index is 12.2. The largest absolute Gasteiger partial charge is 0.466 e. The van der Waals surface area contributed by atoms with Crippen LogP contribution in [0.3, 0.4) is 0 Å². The number of nitrogens with one attached hydrogen (secondary N) is 1. The lowest BCUT2D eigenvalue weighted by Crippen LogP contribution is -2.23. The van der Waals surface area contributed by atoms with Crippen LogP contribution in [0.1, 0.15) is 27.4 Å². The van der Waals surface area contributed by atoms with Gasteiger partial charge in [-0.1, -0.05) is 12.1 Å². The number of carbonyl (C=O) groups is 1. The molecule has 19 heavy (non-hydrogen) atoms. The first-order valence-electron chi connectivity index (χ1n) is 6.09. The van der Waals surface area contributed by atoms with Crippen molar-refractivity contribution in [2.45, 2.75) is 25.3 Å². The first kappa shape index (κ1) is 13.7. The van der Waals surface area contributed by atoms with Gasteiger partial charge in [0.15, 0.2) is 0 Å². The summed E-state index contributed by atoms with van der Waals surface area (Å²) in [6.45, 7) is 4.30. The third-order valence-electron chi connectivity index (χ3n) is 2.93. The Bertz CT molecular complexity index is 590. The van der Waals surface area contributed by atoms with Crippen LogP contribution in [0.15, 0.2) is 39.6 Å². The van der Waals surface area contributed by atoms with Crippen LogP contribution < -0.4 is 5.32 Å². The molecule has 0 spiro atoms. The van der Waals surface area contributed by atoms with E-state index in [0.29, 0.717) is 12.1 Å². The van der Waals surface area contributed by atoms with Gasteiger partial charge in [-0.2, -0.15) is 0 Å². The third kappa shape index (κ3) is 3.20. The highest BCUT2D eigenvalue weighted by molar-refractivity contribution is 7.98. The van der Waals surface area contributed by atoms with E-state index in [1.807, 2.05) is 50.4 Å². The number of carbonyl (C=O) groups excluding carboxylic acids is 1. The van der Waals surface area contributed by atoms with E-state index in [2.05, 4.69) is 5.32 Å². The van der Waals surface area contributed by atoms with Crippen molar-refractivity contribution < 1.29 is 9.21 Å². The Morgan fingerprint density at radius 2 is 2.05 bits per heavy atom. The normalized spacial score (nSPS) is 10.5. The minimum atomic E-state index is -0.0526. The zero-order chi connectivity index (χ0) is 13.8. The van der Waals surface area contributed by atoms with E-state index in [1.165, 1.54) is 0 Å². The number of hydrogen-bond donors (Lipinski definition) is 1. The van der Waals surface area contributed by atoms with Crippen LogP contribution in [0.5, 0.6) is 0 Å². The van der Waals surface area contributed by atoms with E-state index in [4.69, 9.17) is 4.42 Å². The number of benzene rings is 1. The third-order valence-corrected chi connectivity index (χ3v) is 3.73. The predicted molar refractivity (Wildman–Crippen MR) is 77.6 cm³/mol. The van der Waals surface area contributed by atoms with Crippen molar-refractivity contribution in [2.75, 3.05) is 6.26 Å². The summed E-state index contributed by atoms with van der Waals surface area (Å²) in [6.07, 6.45) is 1.97. The van der Waals surface area contributed by atoms with Crippen molar-refractivity contribution in [1.82, 2.24) is 5.32 Å². The molecule has 2 rings (SSSR count). The highest BCUT2D eigenvalue weighted by atomic mass is 32.2. The second-order valence-electron chi connectivity index (χ2n) is 4.32. The first-order valence-corrected chi connectivity index (χ1v) is 7.31. The molecular weight excluding hydrogens is 258 g/mol. The second kappa shape index (κ2) is 5.97. The van der Waals surface area contributed by atoms with Gasteiger partial charge in [-0.15, -0.1) is 11.8 Å². The van der Waals surface area contributed by atoms with Crippen molar-refractivity contribution in [3.63, 3.8) is 0 Å². The van der Waals surface area contributed by atoms with Crippen LogP contribution in [0.4, 0.5) is 0 Å². The summed E-state index contributed by atoms with van der Waals surface area (Å²) < 4.78 is 5.44. The minimum absolute atomic E-state index is 0.0526. The van der Waals surface area contributed by atoms with Crippen molar-refractivity contribution >= 4 is 17.7 Å². The average Bonchev–Trinajstić information content (AvgIpc) is 2.74. The van der Waals surface area contributed by atoms with Crippen molar-refractivity contribution in [3.8, 4) is 0 Å². The zero-order valence-corrected chi connectivity index (χ0v) is 12.1. The Morgan fingerprint density at radius 3 is 2.68 bits per heavy atom. The van der Waals surface area contributed by atoms with Gasteiger partial charge in [-0.05, 0) is 38.3 Å². The highest BCUT2D eigenvalue weighted by Gasteiger charge is 2.11. The molecule has 4 heteroatoms. The lowest BCUT2D eigenvalue weighted by Gasteiger charge is -2.07. The van der Waals surface area contributed by atoms with Crippen LogP contribution in [-0.4, -0.2) is 12.2 Å². The molecule has 2 aromatic rings. The fourth-order valence-electron chi connectivity index (χ4n) is 1.96. The van der Waals surface area contributed by atoms with Crippen LogP contribution in [-0.2, 0) is 6.54 Å². The summed E-state index contributed by atoms with van der Waals surface area (Å²) in [5.41, 5.74) is 1.74. The molecule has 0 bridgehead atoms. The summed E-state index contributed by atoms with van der Waals surface area (Å²) in [4.78, 5) is 13.1. The first-order chi connectivity index (χ1) is 9.11. The fraction of sp³-hybridized carbons (Fsp3) is 0.267. The average molecular weight is 275 g/mol. The van der Waals surface area contributed by atoms with E-state index in [1.54, 1.807) is 11.8 Å². The van der Waals surface area contributed by atoms with Gasteiger partial charge < -0.3 is 9.73 Å². The van der Waals surface area contributed by atoms with E-state index >= 15 is 0 Å². The number of thioether (sulfide) groups is 1. The smallest absolute Gasteiger partial charge is 0.252 e. The monoisotopic (exact) mass is 275 g/mol. The standard InChI is InChI=1S/C15H17NO2S/c1-10-8-12(11(2)18-10)9-16-15(17)13-6-4-5-7-14(13)19-3/h4-8H,9H2,1-3H3,(H,16,17). The molecule has 1 heterocycles. The molecule has 0 aliphatic rings. The number of furan rings is 1. The van der Waals surface area contributed by atoms with Gasteiger partial charge in [0.05, 0.1) is 5.56 Å². The molecular formula is C15H17NO2S. The number of hydrogen-bond acceptors (Lipinski definition) is 3. The number of rotatable bonds is 4. The summed E-state index contributed by atoms with van der Waals surface area (Å²) >= 11 is 1.57. The van der Waals surface area contributed by atoms with E-state index in [0.717, 1.165) is 22.0 Å². The Labute approximate surface area is 117 Å². The van der Waals surface area contributed by atoms with Gasteiger partial charge in [0.1, 0.15) is 11.5 Å². The van der Waals surface area contributed by atoms with Gasteiger partial charge in [0.25, 0.3) is 5.91 Å². The Hall–Kier alpha value is -1.68. The summed E-state index contributed by atoms with van der Waals surface area (Å²) in [7, 11) is 0. The van der Waals surface area contributed by atoms with Crippen LogP contribution >= 0.6 is 11.8 Å². The van der Waals surface area contributed by atoms with E-state index < -0.39 is 0 Å². The van der Waals surface area contributed by atoms with Crippen molar-refractivity contribution in [3.05, 3.63) is 53.0 Å². The van der Waals surface area contributed by atoms with Gasteiger partial charge in [-0.3, -0.25) is 4.79 Å². The molecule has 0 aliphatic heterocycles. The summed E-state index contributed by atoms with van der Waals surface area (Å²) in [6, 6.07) is 9.56. The maximum absolute atomic E-state index is 12.2. The molecule has 0 unspecified atom stereocenters. The van der Waals surface area contributed by atoms with E-state index in [-0.39, 0.29) is 5.91 Å². The minimum Gasteiger partial charge on any atom is -0.466 e. The quantitative estimate of drug-likeness (QED) is 0.868. The topological polar surface area (TPSA) is 42.2 Å². The Kier molecular flexibility index (Phi) is 4.32. The molecule has 0 aliphatic carbocycles. The second-order valence-corrected chi connectivity index (χ2v) is 5.17. The Balaban J connectivity index is 2.07. The molecule has 0 fully saturated rings. The van der Waals surface area contributed by atoms with E-state index in [9.17, 15) is 4.79 Å². The molecule has 0 radical (unpaired) electrons. The molecule has 3 nitrogen and oxygen atoms in total. The van der Waals surface area contributed by atoms with Crippen LogP contribution in [0, 0.1) is 13.8 Å². The van der Waals surface area contributed by atoms with Gasteiger partial charge >= 0.3 is 0 Å². The molecule has 1 aromatic heterocycles. The van der Waals surface area contributed by atoms with Crippen molar-refractivity contribution in [1.29, 1.82) is 0 Å². The molecule has 0 saturated heterocycles. The lowest BCUT2D eigenvalue weighted by atomic mass is 10.2. The number of aryl methyl sites for hydroxylation is 2.